The molecule has 0 amide bonds. The van der Waals surface area contributed by atoms with Gasteiger partial charge in [-0.1, -0.05) is 18.2 Å². The second-order valence-electron chi connectivity index (χ2n) is 6.29. The van der Waals surface area contributed by atoms with Gasteiger partial charge in [-0.05, 0) is 44.2 Å². The van der Waals surface area contributed by atoms with Crippen LogP contribution in [0.1, 0.15) is 23.9 Å². The molecule has 0 saturated carbocycles. The van der Waals surface area contributed by atoms with Gasteiger partial charge in [-0.25, -0.2) is 9.78 Å². The Labute approximate surface area is 169 Å². The van der Waals surface area contributed by atoms with E-state index in [1.54, 1.807) is 19.1 Å². The topological polar surface area (TPSA) is 81.8 Å². The molecule has 6 nitrogen and oxygen atoms in total. The van der Waals surface area contributed by atoms with Gasteiger partial charge in [0, 0.05) is 29.7 Å². The maximum Gasteiger partial charge on any atom is 0.330 e. The van der Waals surface area contributed by atoms with E-state index in [1.165, 1.54) is 18.2 Å². The SMILES string of the molecule is CCOC(=O)C=Cc1ccc(OCCc2nc(-c3ccccc3)oc2C)cc1O. The van der Waals surface area contributed by atoms with E-state index in [-0.39, 0.29) is 5.75 Å². The van der Waals surface area contributed by atoms with Crippen LogP contribution in [0.2, 0.25) is 0 Å². The summed E-state index contributed by atoms with van der Waals surface area (Å²) in [6, 6.07) is 14.6. The number of hydrogen-bond acceptors (Lipinski definition) is 6. The van der Waals surface area contributed by atoms with Crippen LogP contribution in [0.3, 0.4) is 0 Å². The van der Waals surface area contributed by atoms with Crippen LogP contribution in [0.25, 0.3) is 17.5 Å². The Morgan fingerprint density at radius 3 is 2.72 bits per heavy atom. The lowest BCUT2D eigenvalue weighted by molar-refractivity contribution is -0.137. The summed E-state index contributed by atoms with van der Waals surface area (Å²) in [6.07, 6.45) is 3.35. The number of hydrogen-bond donors (Lipinski definition) is 1. The summed E-state index contributed by atoms with van der Waals surface area (Å²) < 4.78 is 16.3. The number of phenolic OH excluding ortho intramolecular Hbond substituents is 1. The van der Waals surface area contributed by atoms with E-state index in [4.69, 9.17) is 13.9 Å². The number of benzene rings is 2. The Morgan fingerprint density at radius 2 is 2.00 bits per heavy atom. The van der Waals surface area contributed by atoms with Crippen LogP contribution in [0.15, 0.2) is 59.0 Å². The molecule has 1 N–H and O–H groups in total. The van der Waals surface area contributed by atoms with Crippen LogP contribution in [-0.2, 0) is 16.0 Å². The van der Waals surface area contributed by atoms with Crippen molar-refractivity contribution in [3.8, 4) is 23.0 Å². The molecule has 0 aliphatic heterocycles. The van der Waals surface area contributed by atoms with Gasteiger partial charge in [-0.3, -0.25) is 0 Å². The quantitative estimate of drug-likeness (QED) is 0.446. The second-order valence-corrected chi connectivity index (χ2v) is 6.29. The molecule has 3 aromatic rings. The third kappa shape index (κ3) is 5.48. The number of rotatable bonds is 8. The van der Waals surface area contributed by atoms with Gasteiger partial charge in [0.15, 0.2) is 0 Å². The molecule has 0 fully saturated rings. The lowest BCUT2D eigenvalue weighted by Gasteiger charge is -2.07. The smallest absolute Gasteiger partial charge is 0.330 e. The molecule has 0 atom stereocenters. The van der Waals surface area contributed by atoms with Crippen molar-refractivity contribution in [2.75, 3.05) is 13.2 Å². The normalized spacial score (nSPS) is 11.0. The Balaban J connectivity index is 1.58. The minimum atomic E-state index is -0.454. The van der Waals surface area contributed by atoms with Crippen molar-refractivity contribution in [1.29, 1.82) is 0 Å². The molecule has 0 aliphatic carbocycles. The highest BCUT2D eigenvalue weighted by atomic mass is 16.5. The van der Waals surface area contributed by atoms with Crippen LogP contribution in [0.5, 0.6) is 11.5 Å². The Morgan fingerprint density at radius 1 is 1.21 bits per heavy atom. The number of aryl methyl sites for hydroxylation is 1. The van der Waals surface area contributed by atoms with Crippen molar-refractivity contribution < 1.29 is 23.8 Å². The number of aromatic nitrogens is 1. The summed E-state index contributed by atoms with van der Waals surface area (Å²) in [6.45, 7) is 4.31. The lowest BCUT2D eigenvalue weighted by Crippen LogP contribution is -2.02. The summed E-state index contributed by atoms with van der Waals surface area (Å²) in [5, 5.41) is 10.1. The number of esters is 1. The van der Waals surface area contributed by atoms with E-state index in [9.17, 15) is 9.90 Å². The molecule has 0 spiro atoms. The maximum absolute atomic E-state index is 11.4. The van der Waals surface area contributed by atoms with Crippen LogP contribution in [-0.4, -0.2) is 29.3 Å². The third-order valence-electron chi connectivity index (χ3n) is 4.21. The molecule has 1 heterocycles. The highest BCUT2D eigenvalue weighted by molar-refractivity contribution is 5.87. The molecule has 29 heavy (non-hydrogen) atoms. The monoisotopic (exact) mass is 393 g/mol. The zero-order valence-corrected chi connectivity index (χ0v) is 16.4. The lowest BCUT2D eigenvalue weighted by atomic mass is 10.2. The molecule has 6 heteroatoms. The molecule has 0 aliphatic rings. The predicted molar refractivity (Wildman–Crippen MR) is 110 cm³/mol. The zero-order valence-electron chi connectivity index (χ0n) is 16.4. The van der Waals surface area contributed by atoms with Gasteiger partial charge in [0.05, 0.1) is 18.9 Å². The van der Waals surface area contributed by atoms with E-state index in [1.807, 2.05) is 37.3 Å². The van der Waals surface area contributed by atoms with E-state index < -0.39 is 5.97 Å². The Hall–Kier alpha value is -3.54. The average Bonchev–Trinajstić information content (AvgIpc) is 3.09. The summed E-state index contributed by atoms with van der Waals surface area (Å²) >= 11 is 0. The summed E-state index contributed by atoms with van der Waals surface area (Å²) in [5.41, 5.74) is 2.27. The fourth-order valence-electron chi connectivity index (χ4n) is 2.73. The first-order valence-corrected chi connectivity index (χ1v) is 9.39. The number of aromatic hydroxyl groups is 1. The highest BCUT2D eigenvalue weighted by Gasteiger charge is 2.11. The summed E-state index contributed by atoms with van der Waals surface area (Å²) in [5.74, 6) is 1.44. The summed E-state index contributed by atoms with van der Waals surface area (Å²) in [7, 11) is 0. The number of carbonyl (C=O) groups excluding carboxylic acids is 1. The number of ether oxygens (including phenoxy) is 2. The van der Waals surface area contributed by atoms with Crippen molar-refractivity contribution in [2.45, 2.75) is 20.3 Å². The molecule has 150 valence electrons. The maximum atomic E-state index is 11.4. The molecule has 3 rings (SSSR count). The van der Waals surface area contributed by atoms with E-state index >= 15 is 0 Å². The van der Waals surface area contributed by atoms with Gasteiger partial charge < -0.3 is 19.0 Å². The molecule has 0 bridgehead atoms. The minimum absolute atomic E-state index is 0.0204. The first-order chi connectivity index (χ1) is 14.1. The highest BCUT2D eigenvalue weighted by Crippen LogP contribution is 2.25. The Kier molecular flexibility index (Phi) is 6.68. The number of nitrogens with zero attached hydrogens (tertiary/aromatic N) is 1. The fourth-order valence-corrected chi connectivity index (χ4v) is 2.73. The fraction of sp³-hybridized carbons (Fsp3) is 0.217. The first kappa shape index (κ1) is 20.2. The van der Waals surface area contributed by atoms with Gasteiger partial charge in [-0.15, -0.1) is 0 Å². The zero-order chi connectivity index (χ0) is 20.6. The average molecular weight is 393 g/mol. The summed E-state index contributed by atoms with van der Waals surface area (Å²) in [4.78, 5) is 15.9. The molecular weight excluding hydrogens is 370 g/mol. The third-order valence-corrected chi connectivity index (χ3v) is 4.21. The van der Waals surface area contributed by atoms with Crippen LogP contribution >= 0.6 is 0 Å². The van der Waals surface area contributed by atoms with Gasteiger partial charge >= 0.3 is 5.97 Å². The molecule has 1 aromatic heterocycles. The molecule has 2 aromatic carbocycles. The van der Waals surface area contributed by atoms with Crippen LogP contribution in [0.4, 0.5) is 0 Å². The minimum Gasteiger partial charge on any atom is -0.507 e. The van der Waals surface area contributed by atoms with Crippen molar-refractivity contribution in [2.24, 2.45) is 0 Å². The van der Waals surface area contributed by atoms with Gasteiger partial charge in [-0.2, -0.15) is 0 Å². The molecule has 0 radical (unpaired) electrons. The van der Waals surface area contributed by atoms with Gasteiger partial charge in [0.25, 0.3) is 0 Å². The number of oxazole rings is 1. The van der Waals surface area contributed by atoms with Crippen molar-refractivity contribution in [3.05, 3.63) is 71.6 Å². The van der Waals surface area contributed by atoms with Gasteiger partial charge in [0.2, 0.25) is 5.89 Å². The van der Waals surface area contributed by atoms with E-state index in [2.05, 4.69) is 4.98 Å². The molecule has 0 unspecified atom stereocenters. The largest absolute Gasteiger partial charge is 0.507 e. The number of phenols is 1. The second kappa shape index (κ2) is 9.59. The molecular formula is C23H23NO5. The van der Waals surface area contributed by atoms with Crippen molar-refractivity contribution in [1.82, 2.24) is 4.98 Å². The predicted octanol–water partition coefficient (Wildman–Crippen LogP) is 4.55. The van der Waals surface area contributed by atoms with E-state index in [0.29, 0.717) is 36.8 Å². The van der Waals surface area contributed by atoms with E-state index in [0.717, 1.165) is 17.0 Å². The first-order valence-electron chi connectivity index (χ1n) is 9.39. The van der Waals surface area contributed by atoms with Crippen LogP contribution < -0.4 is 4.74 Å². The number of carbonyl (C=O) groups is 1. The molecule has 0 saturated heterocycles. The van der Waals surface area contributed by atoms with Gasteiger partial charge in [0.1, 0.15) is 17.3 Å². The Bertz CT molecular complexity index is 992. The van der Waals surface area contributed by atoms with Crippen LogP contribution in [0, 0.1) is 6.92 Å². The standard InChI is InChI=1S/C23H23NO5/c1-3-27-22(26)12-10-17-9-11-19(15-21(17)25)28-14-13-20-16(2)29-23(24-20)18-7-5-4-6-8-18/h4-12,15,25H,3,13-14H2,1-2H3. The van der Waals surface area contributed by atoms with Crippen molar-refractivity contribution >= 4 is 12.0 Å². The van der Waals surface area contributed by atoms with Crippen molar-refractivity contribution in [3.63, 3.8) is 0 Å².